The van der Waals surface area contributed by atoms with E-state index in [1.807, 2.05) is 0 Å². The zero-order valence-corrected chi connectivity index (χ0v) is 21.5. The molecule has 2 aliphatic heterocycles. The van der Waals surface area contributed by atoms with Crippen molar-refractivity contribution in [3.8, 4) is 0 Å². The van der Waals surface area contributed by atoms with Crippen molar-refractivity contribution in [2.45, 2.75) is 64.8 Å². The molecule has 1 radical (unpaired) electrons. The molecule has 8 nitrogen and oxygen atoms in total. The van der Waals surface area contributed by atoms with Crippen LogP contribution >= 0.6 is 0 Å². The van der Waals surface area contributed by atoms with Gasteiger partial charge in [0.05, 0.1) is 0 Å². The zero-order chi connectivity index (χ0) is 25.3. The first-order valence-corrected chi connectivity index (χ1v) is 11.6. The molecule has 0 saturated heterocycles. The number of hydrogen-bond acceptors (Lipinski definition) is 6. The van der Waals surface area contributed by atoms with E-state index in [0.29, 0.717) is 0 Å². The number of nitrogens with zero attached hydrogens (tertiary/aromatic N) is 2. The van der Waals surface area contributed by atoms with Crippen LogP contribution in [0.3, 0.4) is 0 Å². The quantitative estimate of drug-likeness (QED) is 0.545. The molecule has 36 heavy (non-hydrogen) atoms. The Morgan fingerprint density at radius 3 is 1.47 bits per heavy atom. The minimum Gasteiger partial charge on any atom is -0.481 e. The predicted octanol–water partition coefficient (Wildman–Crippen LogP) is 4.38. The number of carboxylic acid groups (broad SMARTS) is 2. The van der Waals surface area contributed by atoms with Gasteiger partial charge in [0.15, 0.2) is 11.8 Å². The number of carbonyl (C=O) groups is 2. The number of benzene rings is 2. The second kappa shape index (κ2) is 10.8. The molecule has 0 saturated carbocycles. The molecular formula is C27H30CuN2O6. The average Bonchev–Trinajstić information content (AvgIpc) is 3.51. The molecule has 0 bridgehead atoms. The van der Waals surface area contributed by atoms with Gasteiger partial charge in [0.25, 0.3) is 11.9 Å². The molecule has 195 valence electrons. The van der Waals surface area contributed by atoms with Crippen LogP contribution in [0, 0.1) is 5.41 Å². The number of fused-ring (bicyclic) bond motifs is 6. The Labute approximate surface area is 220 Å². The van der Waals surface area contributed by atoms with Gasteiger partial charge in [-0.2, -0.15) is 0 Å². The van der Waals surface area contributed by atoms with Gasteiger partial charge in [-0.25, -0.2) is 9.98 Å². The molecule has 2 aliphatic carbocycles. The Hall–Kier alpha value is -3.16. The van der Waals surface area contributed by atoms with Gasteiger partial charge in [0.1, 0.15) is 29.7 Å². The summed E-state index contributed by atoms with van der Waals surface area (Å²) in [6.07, 6.45) is 2.07. The smallest absolute Gasteiger partial charge is 0.300 e. The molecule has 2 heterocycles. The van der Waals surface area contributed by atoms with Crippen LogP contribution < -0.4 is 0 Å². The summed E-state index contributed by atoms with van der Waals surface area (Å²) in [5.41, 5.74) is 4.86. The molecule has 9 heteroatoms. The van der Waals surface area contributed by atoms with Crippen LogP contribution in [0.4, 0.5) is 0 Å². The minimum absolute atomic E-state index is 0. The first kappa shape index (κ1) is 27.4. The fourth-order valence-electron chi connectivity index (χ4n) is 4.90. The fraction of sp³-hybridized carbons (Fsp3) is 0.407. The molecule has 2 aromatic rings. The minimum atomic E-state index is -0.833. The van der Waals surface area contributed by atoms with Gasteiger partial charge in [0.2, 0.25) is 0 Å². The summed E-state index contributed by atoms with van der Waals surface area (Å²) in [6, 6.07) is 17.3. The Kier molecular flexibility index (Phi) is 8.26. The van der Waals surface area contributed by atoms with E-state index < -0.39 is 17.4 Å². The van der Waals surface area contributed by atoms with Gasteiger partial charge in [-0.3, -0.25) is 9.59 Å². The van der Waals surface area contributed by atoms with Crippen molar-refractivity contribution >= 4 is 23.7 Å². The largest absolute Gasteiger partial charge is 0.481 e. The topological polar surface area (TPSA) is 118 Å². The predicted molar refractivity (Wildman–Crippen MR) is 131 cm³/mol. The summed E-state index contributed by atoms with van der Waals surface area (Å²) in [7, 11) is 0. The normalized spacial score (nSPS) is 23.8. The monoisotopic (exact) mass is 541 g/mol. The molecule has 0 spiro atoms. The molecule has 4 aliphatic rings. The molecule has 0 fully saturated rings. The molecule has 2 N–H and O–H groups in total. The van der Waals surface area contributed by atoms with Crippen molar-refractivity contribution in [3.63, 3.8) is 0 Å². The Morgan fingerprint density at radius 1 is 0.778 bits per heavy atom. The summed E-state index contributed by atoms with van der Waals surface area (Å²) in [5, 5.41) is 14.8. The third-order valence-electron chi connectivity index (χ3n) is 6.40. The summed E-state index contributed by atoms with van der Waals surface area (Å²) < 4.78 is 12.7. The van der Waals surface area contributed by atoms with E-state index >= 15 is 0 Å². The Balaban J connectivity index is 0.000000356. The van der Waals surface area contributed by atoms with Crippen molar-refractivity contribution in [2.75, 3.05) is 0 Å². The summed E-state index contributed by atoms with van der Waals surface area (Å²) in [4.78, 5) is 28.0. The van der Waals surface area contributed by atoms with Crippen LogP contribution in [-0.4, -0.2) is 46.2 Å². The van der Waals surface area contributed by atoms with Crippen LogP contribution in [-0.2, 0) is 49.0 Å². The van der Waals surface area contributed by atoms with E-state index in [1.54, 1.807) is 0 Å². The number of hydrogen-bond donors (Lipinski definition) is 2. The number of aliphatic carboxylic acids is 2. The van der Waals surface area contributed by atoms with Crippen LogP contribution in [0.1, 0.15) is 62.0 Å². The molecule has 4 atom stereocenters. The zero-order valence-electron chi connectivity index (χ0n) is 20.6. The SMILES string of the molecule is CC(=O)O.CC(=O)O.CC(C)(C1=NC2c3ccccc3CC2O1)C1=NC2c3ccccc3CC2O1.[Cu]. The third-order valence-corrected chi connectivity index (χ3v) is 6.40. The maximum atomic E-state index is 9.00. The van der Waals surface area contributed by atoms with Crippen LogP contribution in [0.15, 0.2) is 58.5 Å². The van der Waals surface area contributed by atoms with Crippen molar-refractivity contribution < 1.29 is 46.3 Å². The molecule has 4 unspecified atom stereocenters. The Bertz CT molecular complexity index is 1110. The van der Waals surface area contributed by atoms with E-state index in [0.717, 1.165) is 38.5 Å². The molecule has 0 aromatic heterocycles. The fourth-order valence-corrected chi connectivity index (χ4v) is 4.90. The first-order chi connectivity index (χ1) is 16.6. The Morgan fingerprint density at radius 2 is 1.11 bits per heavy atom. The molecule has 0 amide bonds. The van der Waals surface area contributed by atoms with E-state index in [1.165, 1.54) is 22.3 Å². The standard InChI is InChI=1S/C23H22N2O2.2C2H4O2.Cu/c1-23(2,21-24-19-15-9-5-3-7-13(15)11-17(19)26-21)22-25-20-16-10-6-4-8-14(16)12-18(20)27-22;2*1-2(3)4;/h3-10,17-20H,11-12H2,1-2H3;2*1H3,(H,3,4);. The summed E-state index contributed by atoms with van der Waals surface area (Å²) in [5.74, 6) is -0.141. The maximum Gasteiger partial charge on any atom is 0.300 e. The molecular weight excluding hydrogens is 512 g/mol. The van der Waals surface area contributed by atoms with Crippen LogP contribution in [0.5, 0.6) is 0 Å². The van der Waals surface area contributed by atoms with E-state index in [9.17, 15) is 0 Å². The van der Waals surface area contributed by atoms with Gasteiger partial charge < -0.3 is 19.7 Å². The van der Waals surface area contributed by atoms with Gasteiger partial charge >= 0.3 is 0 Å². The van der Waals surface area contributed by atoms with Crippen LogP contribution in [0.2, 0.25) is 0 Å². The van der Waals surface area contributed by atoms with Gasteiger partial charge in [-0.1, -0.05) is 48.5 Å². The first-order valence-electron chi connectivity index (χ1n) is 11.6. The van der Waals surface area contributed by atoms with E-state index in [2.05, 4.69) is 62.4 Å². The van der Waals surface area contributed by atoms with Crippen molar-refractivity contribution in [1.29, 1.82) is 0 Å². The van der Waals surface area contributed by atoms with E-state index in [4.69, 9.17) is 39.3 Å². The average molecular weight is 542 g/mol. The molecule has 6 rings (SSSR count). The van der Waals surface area contributed by atoms with Gasteiger partial charge in [-0.15, -0.1) is 0 Å². The molecule has 2 aromatic carbocycles. The number of carboxylic acids is 2. The second-order valence-corrected chi connectivity index (χ2v) is 9.54. The van der Waals surface area contributed by atoms with Crippen LogP contribution in [0.25, 0.3) is 0 Å². The van der Waals surface area contributed by atoms with Crippen molar-refractivity contribution in [1.82, 2.24) is 0 Å². The third kappa shape index (κ3) is 5.47. The van der Waals surface area contributed by atoms with Gasteiger partial charge in [-0.05, 0) is 36.1 Å². The number of aliphatic imine (C=N–C) groups is 2. The summed E-state index contributed by atoms with van der Waals surface area (Å²) in [6.45, 7) is 6.40. The number of ether oxygens (including phenoxy) is 2. The second-order valence-electron chi connectivity index (χ2n) is 9.54. The number of rotatable bonds is 2. The summed E-state index contributed by atoms with van der Waals surface area (Å²) >= 11 is 0. The maximum absolute atomic E-state index is 9.00. The van der Waals surface area contributed by atoms with E-state index in [-0.39, 0.29) is 41.4 Å². The van der Waals surface area contributed by atoms with Crippen molar-refractivity contribution in [3.05, 3.63) is 70.8 Å². The van der Waals surface area contributed by atoms with Crippen molar-refractivity contribution in [2.24, 2.45) is 15.4 Å². The van der Waals surface area contributed by atoms with Gasteiger partial charge in [0, 0.05) is 43.8 Å².